The van der Waals surface area contributed by atoms with E-state index in [2.05, 4.69) is 10.3 Å². The lowest BCUT2D eigenvalue weighted by Crippen LogP contribution is -1.90. The number of hydrogen-bond donors (Lipinski definition) is 1. The molecule has 0 aliphatic rings. The van der Waals surface area contributed by atoms with Crippen LogP contribution >= 0.6 is 46.4 Å². The molecular weight excluding hydrogens is 378 g/mol. The number of aromatic nitrogens is 1. The highest BCUT2D eigenvalue weighted by Crippen LogP contribution is 2.29. The number of nitrogens with zero attached hydrogens (tertiary/aromatic N) is 1. The topological polar surface area (TPSA) is 38.1 Å². The van der Waals surface area contributed by atoms with E-state index in [0.29, 0.717) is 44.0 Å². The molecule has 0 spiro atoms. The Labute approximate surface area is 153 Å². The first-order chi connectivity index (χ1) is 11.0. The van der Waals surface area contributed by atoms with Gasteiger partial charge in [-0.05, 0) is 35.9 Å². The molecule has 0 unspecified atom stereocenters. The zero-order valence-electron chi connectivity index (χ0n) is 11.6. The Hall–Kier alpha value is -1.39. The van der Waals surface area contributed by atoms with E-state index < -0.39 is 0 Å². The van der Waals surface area contributed by atoms with Crippen molar-refractivity contribution in [2.45, 2.75) is 6.42 Å². The van der Waals surface area contributed by atoms with Gasteiger partial charge in [0.2, 0.25) is 0 Å². The molecule has 1 heterocycles. The molecule has 0 aliphatic carbocycles. The summed E-state index contributed by atoms with van der Waals surface area (Å²) in [7, 11) is 0. The van der Waals surface area contributed by atoms with E-state index in [4.69, 9.17) is 50.8 Å². The number of benzene rings is 2. The van der Waals surface area contributed by atoms with Crippen molar-refractivity contribution < 1.29 is 4.42 Å². The van der Waals surface area contributed by atoms with Crippen LogP contribution in [0.25, 0.3) is 0 Å². The third kappa shape index (κ3) is 4.12. The van der Waals surface area contributed by atoms with E-state index in [9.17, 15) is 0 Å². The van der Waals surface area contributed by atoms with Crippen LogP contribution in [-0.2, 0) is 6.42 Å². The molecule has 0 radical (unpaired) electrons. The van der Waals surface area contributed by atoms with Crippen molar-refractivity contribution in [3.63, 3.8) is 0 Å². The van der Waals surface area contributed by atoms with Crippen molar-refractivity contribution in [2.24, 2.45) is 0 Å². The molecule has 3 rings (SSSR count). The zero-order valence-corrected chi connectivity index (χ0v) is 14.6. The first kappa shape index (κ1) is 16.5. The summed E-state index contributed by atoms with van der Waals surface area (Å²) in [6.07, 6.45) is 2.07. The third-order valence-corrected chi connectivity index (χ3v) is 4.22. The van der Waals surface area contributed by atoms with E-state index in [1.54, 1.807) is 42.6 Å². The normalized spacial score (nSPS) is 10.8. The number of hydrogen-bond acceptors (Lipinski definition) is 3. The molecule has 1 N–H and O–H groups in total. The van der Waals surface area contributed by atoms with Gasteiger partial charge in [0.15, 0.2) is 0 Å². The van der Waals surface area contributed by atoms with E-state index >= 15 is 0 Å². The van der Waals surface area contributed by atoms with Crippen LogP contribution < -0.4 is 5.32 Å². The zero-order chi connectivity index (χ0) is 16.4. The van der Waals surface area contributed by atoms with Crippen molar-refractivity contribution in [3.05, 3.63) is 74.0 Å². The molecule has 2 aromatic carbocycles. The smallest absolute Gasteiger partial charge is 0.299 e. The van der Waals surface area contributed by atoms with Crippen LogP contribution in [0.5, 0.6) is 0 Å². The van der Waals surface area contributed by atoms with Crippen LogP contribution in [0, 0.1) is 0 Å². The second kappa shape index (κ2) is 7.02. The van der Waals surface area contributed by atoms with Gasteiger partial charge < -0.3 is 9.73 Å². The highest BCUT2D eigenvalue weighted by Gasteiger charge is 2.11. The largest absolute Gasteiger partial charge is 0.428 e. The molecule has 0 amide bonds. The molecule has 118 valence electrons. The van der Waals surface area contributed by atoms with Gasteiger partial charge in [-0.25, -0.2) is 4.98 Å². The molecule has 0 saturated heterocycles. The van der Waals surface area contributed by atoms with Crippen molar-refractivity contribution in [2.75, 3.05) is 5.32 Å². The van der Waals surface area contributed by atoms with Crippen LogP contribution in [0.3, 0.4) is 0 Å². The lowest BCUT2D eigenvalue weighted by Gasteiger charge is -2.05. The maximum Gasteiger partial charge on any atom is 0.299 e. The summed E-state index contributed by atoms with van der Waals surface area (Å²) in [5.74, 6) is 0.635. The van der Waals surface area contributed by atoms with Gasteiger partial charge in [0.1, 0.15) is 5.76 Å². The van der Waals surface area contributed by atoms with Crippen LogP contribution in [0.2, 0.25) is 20.1 Å². The fourth-order valence-electron chi connectivity index (χ4n) is 2.07. The Morgan fingerprint density at radius 2 is 1.61 bits per heavy atom. The second-order valence-corrected chi connectivity index (χ2v) is 6.48. The Balaban J connectivity index is 1.78. The lowest BCUT2D eigenvalue weighted by molar-refractivity contribution is 0.532. The molecule has 23 heavy (non-hydrogen) atoms. The van der Waals surface area contributed by atoms with Gasteiger partial charge in [-0.3, -0.25) is 0 Å². The van der Waals surface area contributed by atoms with Crippen molar-refractivity contribution in [3.8, 4) is 0 Å². The maximum atomic E-state index is 6.16. The van der Waals surface area contributed by atoms with E-state index in [-0.39, 0.29) is 0 Å². The van der Waals surface area contributed by atoms with E-state index in [1.165, 1.54) is 0 Å². The van der Waals surface area contributed by atoms with Crippen molar-refractivity contribution >= 4 is 58.1 Å². The van der Waals surface area contributed by atoms with E-state index in [0.717, 1.165) is 5.56 Å². The fourth-order valence-corrected chi connectivity index (χ4v) is 3.13. The summed E-state index contributed by atoms with van der Waals surface area (Å²) in [5, 5.41) is 5.23. The predicted molar refractivity (Wildman–Crippen MR) is 95.5 cm³/mol. The summed E-state index contributed by atoms with van der Waals surface area (Å²) in [6, 6.07) is 10.8. The van der Waals surface area contributed by atoms with Gasteiger partial charge in [-0.15, -0.1) is 0 Å². The van der Waals surface area contributed by atoms with Crippen LogP contribution in [-0.4, -0.2) is 4.98 Å². The number of halogens is 4. The molecule has 0 atom stereocenters. The summed E-state index contributed by atoms with van der Waals surface area (Å²) in [6.45, 7) is 0. The fraction of sp³-hybridized carbons (Fsp3) is 0.0625. The van der Waals surface area contributed by atoms with Crippen LogP contribution in [0.4, 0.5) is 11.7 Å². The first-order valence-electron chi connectivity index (χ1n) is 6.62. The SMILES string of the molecule is Clc1cc(Cl)cc(Nc2ncc(Cc3c(Cl)cccc3Cl)o2)c1. The Morgan fingerprint density at radius 3 is 2.26 bits per heavy atom. The minimum Gasteiger partial charge on any atom is -0.428 e. The molecular formula is C16H10Cl4N2O. The average Bonchev–Trinajstić information content (AvgIpc) is 2.89. The Morgan fingerprint density at radius 1 is 0.957 bits per heavy atom. The van der Waals surface area contributed by atoms with Crippen LogP contribution in [0.1, 0.15) is 11.3 Å². The monoisotopic (exact) mass is 386 g/mol. The maximum absolute atomic E-state index is 6.16. The average molecular weight is 388 g/mol. The third-order valence-electron chi connectivity index (χ3n) is 3.08. The molecule has 0 fully saturated rings. The first-order valence-corrected chi connectivity index (χ1v) is 8.13. The van der Waals surface area contributed by atoms with Gasteiger partial charge in [0, 0.05) is 32.2 Å². The lowest BCUT2D eigenvalue weighted by atomic mass is 10.1. The van der Waals surface area contributed by atoms with Gasteiger partial charge in [0.05, 0.1) is 6.20 Å². The highest BCUT2D eigenvalue weighted by atomic mass is 35.5. The molecule has 0 aliphatic heterocycles. The van der Waals surface area contributed by atoms with Crippen LogP contribution in [0.15, 0.2) is 47.0 Å². The van der Waals surface area contributed by atoms with Gasteiger partial charge >= 0.3 is 0 Å². The molecule has 3 nitrogen and oxygen atoms in total. The Bertz CT molecular complexity index is 807. The van der Waals surface area contributed by atoms with E-state index in [1.807, 2.05) is 0 Å². The number of nitrogens with one attached hydrogen (secondary N) is 1. The summed E-state index contributed by atoms with van der Waals surface area (Å²) in [5.41, 5.74) is 1.48. The van der Waals surface area contributed by atoms with Gasteiger partial charge in [0.25, 0.3) is 6.01 Å². The minimum atomic E-state index is 0.335. The standard InChI is InChI=1S/C16H10Cl4N2O/c17-9-4-10(18)6-11(5-9)22-16-21-8-12(23-16)7-13-14(19)2-1-3-15(13)20/h1-6,8H,7H2,(H,21,22). The predicted octanol–water partition coefficient (Wildman–Crippen LogP) is 6.62. The number of rotatable bonds is 4. The molecule has 1 aromatic heterocycles. The quantitative estimate of drug-likeness (QED) is 0.546. The highest BCUT2D eigenvalue weighted by molar-refractivity contribution is 6.36. The molecule has 3 aromatic rings. The molecule has 0 bridgehead atoms. The van der Waals surface area contributed by atoms with Gasteiger partial charge in [-0.2, -0.15) is 0 Å². The minimum absolute atomic E-state index is 0.335. The van der Waals surface area contributed by atoms with Crippen molar-refractivity contribution in [1.29, 1.82) is 0 Å². The number of oxazole rings is 1. The number of anilines is 2. The Kier molecular flexibility index (Phi) is 5.02. The molecule has 0 saturated carbocycles. The second-order valence-electron chi connectivity index (χ2n) is 4.79. The van der Waals surface area contributed by atoms with Gasteiger partial charge in [-0.1, -0.05) is 52.5 Å². The summed E-state index contributed by atoms with van der Waals surface area (Å²) < 4.78 is 5.66. The molecule has 7 heteroatoms. The summed E-state index contributed by atoms with van der Waals surface area (Å²) >= 11 is 24.2. The van der Waals surface area contributed by atoms with Crippen molar-refractivity contribution in [1.82, 2.24) is 4.98 Å². The summed E-state index contributed by atoms with van der Waals surface area (Å²) in [4.78, 5) is 4.18.